The number of hydrogen-bond acceptors (Lipinski definition) is 3. The molecule has 5 heteroatoms. The summed E-state index contributed by atoms with van der Waals surface area (Å²) in [6, 6.07) is 12.0. The van der Waals surface area contributed by atoms with E-state index in [0.29, 0.717) is 12.1 Å². The fourth-order valence-corrected chi connectivity index (χ4v) is 3.62. The van der Waals surface area contributed by atoms with Gasteiger partial charge >= 0.3 is 0 Å². The molecule has 5 nitrogen and oxygen atoms in total. The fourth-order valence-electron chi connectivity index (χ4n) is 3.62. The molecule has 1 unspecified atom stereocenters. The van der Waals surface area contributed by atoms with E-state index in [1.807, 2.05) is 0 Å². The number of guanidine groups is 1. The Bertz CT molecular complexity index is 557. The Morgan fingerprint density at radius 3 is 2.71 bits per heavy atom. The van der Waals surface area contributed by atoms with Crippen LogP contribution in [-0.2, 0) is 6.54 Å². The zero-order valence-corrected chi connectivity index (χ0v) is 18.5. The fraction of sp³-hybridized carbons (Fsp3) is 0.696. The van der Waals surface area contributed by atoms with Gasteiger partial charge in [0.25, 0.3) is 0 Å². The summed E-state index contributed by atoms with van der Waals surface area (Å²) in [5.74, 6) is 0.964. The Balaban J connectivity index is 1.75. The molecule has 0 spiro atoms. The molecule has 0 radical (unpaired) electrons. The van der Waals surface area contributed by atoms with Crippen molar-refractivity contribution in [3.05, 3.63) is 35.9 Å². The zero-order valence-electron chi connectivity index (χ0n) is 18.5. The van der Waals surface area contributed by atoms with Crippen molar-refractivity contribution in [2.24, 2.45) is 4.99 Å². The van der Waals surface area contributed by atoms with Crippen LogP contribution in [0, 0.1) is 0 Å². The molecule has 1 atom stereocenters. The highest BCUT2D eigenvalue weighted by Crippen LogP contribution is 2.20. The highest BCUT2D eigenvalue weighted by atomic mass is 15.2. The Kier molecular flexibility index (Phi) is 10.4. The van der Waals surface area contributed by atoms with Gasteiger partial charge in [-0.05, 0) is 72.2 Å². The maximum atomic E-state index is 4.89. The van der Waals surface area contributed by atoms with Crippen LogP contribution in [0.5, 0.6) is 0 Å². The summed E-state index contributed by atoms with van der Waals surface area (Å²) >= 11 is 0. The predicted octanol–water partition coefficient (Wildman–Crippen LogP) is 3.33. The third-order valence-electron chi connectivity index (χ3n) is 5.64. The Morgan fingerprint density at radius 2 is 2.00 bits per heavy atom. The molecule has 1 fully saturated rings. The van der Waals surface area contributed by atoms with Crippen molar-refractivity contribution in [1.82, 2.24) is 20.4 Å². The largest absolute Gasteiger partial charge is 0.357 e. The van der Waals surface area contributed by atoms with Crippen LogP contribution in [0.4, 0.5) is 0 Å². The van der Waals surface area contributed by atoms with Crippen LogP contribution in [0.2, 0.25) is 0 Å². The van der Waals surface area contributed by atoms with Crippen molar-refractivity contribution in [2.45, 2.75) is 65.1 Å². The van der Waals surface area contributed by atoms with Crippen LogP contribution in [0.3, 0.4) is 0 Å². The van der Waals surface area contributed by atoms with E-state index in [1.54, 1.807) is 0 Å². The summed E-state index contributed by atoms with van der Waals surface area (Å²) in [6.07, 6.45) is 4.91. The molecule has 0 saturated carbocycles. The van der Waals surface area contributed by atoms with Crippen molar-refractivity contribution in [3.63, 3.8) is 0 Å². The maximum absolute atomic E-state index is 4.89. The second kappa shape index (κ2) is 12.8. The van der Waals surface area contributed by atoms with Crippen molar-refractivity contribution < 1.29 is 0 Å². The zero-order chi connectivity index (χ0) is 20.2. The van der Waals surface area contributed by atoms with E-state index in [9.17, 15) is 0 Å². The van der Waals surface area contributed by atoms with Gasteiger partial charge in [-0.1, -0.05) is 30.3 Å². The summed E-state index contributed by atoms with van der Waals surface area (Å²) in [5, 5.41) is 6.91. The number of aliphatic imine (C=N–C) groups is 1. The van der Waals surface area contributed by atoms with Gasteiger partial charge in [0, 0.05) is 31.7 Å². The van der Waals surface area contributed by atoms with Gasteiger partial charge in [-0.15, -0.1) is 0 Å². The Morgan fingerprint density at radius 1 is 1.21 bits per heavy atom. The minimum atomic E-state index is 0.551. The molecular weight excluding hydrogens is 346 g/mol. The van der Waals surface area contributed by atoms with Gasteiger partial charge in [0.1, 0.15) is 0 Å². The summed E-state index contributed by atoms with van der Waals surface area (Å²) < 4.78 is 0. The van der Waals surface area contributed by atoms with Crippen molar-refractivity contribution in [1.29, 1.82) is 0 Å². The molecule has 1 heterocycles. The first-order valence-corrected chi connectivity index (χ1v) is 11.1. The van der Waals surface area contributed by atoms with Gasteiger partial charge in [0.05, 0.1) is 6.54 Å². The molecule has 28 heavy (non-hydrogen) atoms. The van der Waals surface area contributed by atoms with Gasteiger partial charge in [0.15, 0.2) is 5.96 Å². The van der Waals surface area contributed by atoms with E-state index < -0.39 is 0 Å². The number of nitrogens with zero attached hydrogens (tertiary/aromatic N) is 3. The molecule has 0 aliphatic carbocycles. The lowest BCUT2D eigenvalue weighted by Gasteiger charge is -2.23. The molecule has 1 aliphatic heterocycles. The van der Waals surface area contributed by atoms with Crippen LogP contribution >= 0.6 is 0 Å². The average molecular weight is 388 g/mol. The molecule has 2 N–H and O–H groups in total. The highest BCUT2D eigenvalue weighted by Gasteiger charge is 2.24. The van der Waals surface area contributed by atoms with Gasteiger partial charge in [0.2, 0.25) is 0 Å². The number of likely N-dealkylation sites (tertiary alicyclic amines) is 1. The summed E-state index contributed by atoms with van der Waals surface area (Å²) in [4.78, 5) is 9.88. The first-order chi connectivity index (χ1) is 13.6. The van der Waals surface area contributed by atoms with Crippen LogP contribution < -0.4 is 10.6 Å². The number of nitrogens with one attached hydrogen (secondary N) is 2. The smallest absolute Gasteiger partial charge is 0.191 e. The van der Waals surface area contributed by atoms with Crippen LogP contribution in [0.1, 0.15) is 52.0 Å². The second-order valence-corrected chi connectivity index (χ2v) is 8.18. The SMILES string of the molecule is CCNC(=NCC1CCCN1Cc1ccccc1)NCCCCN(C)C(C)C. The van der Waals surface area contributed by atoms with Gasteiger partial charge in [-0.25, -0.2) is 0 Å². The molecule has 158 valence electrons. The lowest BCUT2D eigenvalue weighted by Crippen LogP contribution is -2.39. The van der Waals surface area contributed by atoms with E-state index in [2.05, 4.69) is 78.6 Å². The first-order valence-electron chi connectivity index (χ1n) is 11.1. The molecule has 0 amide bonds. The lowest BCUT2D eigenvalue weighted by atomic mass is 10.2. The first kappa shape index (κ1) is 22.7. The van der Waals surface area contributed by atoms with Crippen LogP contribution in [0.15, 0.2) is 35.3 Å². The third kappa shape index (κ3) is 8.19. The summed E-state index contributed by atoms with van der Waals surface area (Å²) in [6.45, 7) is 12.8. The molecule has 1 aromatic carbocycles. The van der Waals surface area contributed by atoms with Crippen molar-refractivity contribution in [2.75, 3.05) is 39.8 Å². The van der Waals surface area contributed by atoms with Gasteiger partial charge in [-0.3, -0.25) is 9.89 Å². The highest BCUT2D eigenvalue weighted by molar-refractivity contribution is 5.79. The van der Waals surface area contributed by atoms with E-state index >= 15 is 0 Å². The normalized spacial score (nSPS) is 18.2. The van der Waals surface area contributed by atoms with E-state index in [4.69, 9.17) is 4.99 Å². The third-order valence-corrected chi connectivity index (χ3v) is 5.64. The number of benzene rings is 1. The van der Waals surface area contributed by atoms with Gasteiger partial charge < -0.3 is 15.5 Å². The lowest BCUT2D eigenvalue weighted by molar-refractivity contribution is 0.250. The molecule has 1 aliphatic rings. The number of unbranched alkanes of at least 4 members (excludes halogenated alkanes) is 1. The Hall–Kier alpha value is -1.59. The van der Waals surface area contributed by atoms with E-state index in [-0.39, 0.29) is 0 Å². The molecular formula is C23H41N5. The molecule has 0 bridgehead atoms. The van der Waals surface area contributed by atoms with Crippen LogP contribution in [-0.4, -0.2) is 67.6 Å². The van der Waals surface area contributed by atoms with Crippen LogP contribution in [0.25, 0.3) is 0 Å². The van der Waals surface area contributed by atoms with Crippen molar-refractivity contribution >= 4 is 5.96 Å². The monoisotopic (exact) mass is 387 g/mol. The minimum absolute atomic E-state index is 0.551. The molecule has 1 saturated heterocycles. The number of hydrogen-bond donors (Lipinski definition) is 2. The molecule has 0 aromatic heterocycles. The maximum Gasteiger partial charge on any atom is 0.191 e. The van der Waals surface area contributed by atoms with Crippen molar-refractivity contribution in [3.8, 4) is 0 Å². The summed E-state index contributed by atoms with van der Waals surface area (Å²) in [7, 11) is 2.20. The second-order valence-electron chi connectivity index (χ2n) is 8.18. The Labute approximate surface area is 172 Å². The average Bonchev–Trinajstić information content (AvgIpc) is 3.13. The van der Waals surface area contributed by atoms with E-state index in [1.165, 1.54) is 37.8 Å². The molecule has 1 aromatic rings. The number of rotatable bonds is 11. The molecule has 2 rings (SSSR count). The quantitative estimate of drug-likeness (QED) is 0.347. The van der Waals surface area contributed by atoms with E-state index in [0.717, 1.165) is 38.7 Å². The topological polar surface area (TPSA) is 42.9 Å². The van der Waals surface area contributed by atoms with Gasteiger partial charge in [-0.2, -0.15) is 0 Å². The minimum Gasteiger partial charge on any atom is -0.357 e. The predicted molar refractivity (Wildman–Crippen MR) is 121 cm³/mol. The standard InChI is InChI=1S/C23H41N5/c1-5-24-23(25-15-9-10-16-27(4)20(2)3)26-18-22-14-11-17-28(22)19-21-12-7-6-8-13-21/h6-8,12-13,20,22H,5,9-11,14-19H2,1-4H3,(H2,24,25,26). The summed E-state index contributed by atoms with van der Waals surface area (Å²) in [5.41, 5.74) is 1.40.